The molecule has 3 heteroatoms. The molecule has 5 rings (SSSR count). The number of amides is 1. The lowest BCUT2D eigenvalue weighted by Gasteiger charge is -2.57. The van der Waals surface area contributed by atoms with E-state index >= 15 is 0 Å². The average Bonchev–Trinajstić information content (AvgIpc) is 2.45. The number of carbonyl (C=O) groups excluding carboxylic acids is 1. The van der Waals surface area contributed by atoms with E-state index in [9.17, 15) is 4.79 Å². The number of hydrogen-bond donors (Lipinski definition) is 0. The Morgan fingerprint density at radius 1 is 1.00 bits per heavy atom. The zero-order valence-corrected chi connectivity index (χ0v) is 14.6. The molecular weight excluding hydrogens is 326 g/mol. The van der Waals surface area contributed by atoms with E-state index in [-0.39, 0.29) is 0 Å². The van der Waals surface area contributed by atoms with E-state index in [0.29, 0.717) is 11.3 Å². The molecule has 118 valence electrons. The average molecular weight is 354 g/mol. The van der Waals surface area contributed by atoms with Gasteiger partial charge in [-0.1, -0.05) is 15.9 Å². The first-order chi connectivity index (χ1) is 10.2. The minimum absolute atomic E-state index is 0.415. The first-order valence-electron chi connectivity index (χ1n) is 8.99. The molecule has 0 aromatic rings. The summed E-state index contributed by atoms with van der Waals surface area (Å²) in [6, 6.07) is 0. The lowest BCUT2D eigenvalue weighted by molar-refractivity contribution is -0.140. The molecule has 0 spiro atoms. The summed E-state index contributed by atoms with van der Waals surface area (Å²) in [6.07, 6.45) is 11.8. The van der Waals surface area contributed by atoms with Crippen LogP contribution in [0.1, 0.15) is 57.8 Å². The van der Waals surface area contributed by atoms with E-state index < -0.39 is 0 Å². The Hall–Kier alpha value is -0.0500. The van der Waals surface area contributed by atoms with Crippen LogP contribution in [0, 0.1) is 29.1 Å². The Balaban J connectivity index is 1.38. The van der Waals surface area contributed by atoms with Crippen molar-refractivity contribution in [1.29, 1.82) is 0 Å². The van der Waals surface area contributed by atoms with E-state index in [4.69, 9.17) is 0 Å². The standard InChI is InChI=1S/C18H28BrNO/c19-12-13-1-3-20(4-2-13)17(21)11-18-8-14-5-15(9-18)7-16(6-14)10-18/h13-16H,1-12H2. The number of likely N-dealkylation sites (tertiary alicyclic amines) is 1. The highest BCUT2D eigenvalue weighted by molar-refractivity contribution is 9.09. The molecule has 4 saturated carbocycles. The van der Waals surface area contributed by atoms with E-state index in [2.05, 4.69) is 20.8 Å². The third-order valence-corrected chi connectivity index (χ3v) is 7.79. The van der Waals surface area contributed by atoms with Gasteiger partial charge in [0.2, 0.25) is 5.91 Å². The molecule has 1 heterocycles. The summed E-state index contributed by atoms with van der Waals surface area (Å²) in [5.74, 6) is 4.15. The molecule has 4 bridgehead atoms. The summed E-state index contributed by atoms with van der Waals surface area (Å²) in [5, 5.41) is 1.10. The van der Waals surface area contributed by atoms with Crippen LogP contribution < -0.4 is 0 Å². The van der Waals surface area contributed by atoms with Crippen LogP contribution in [0.5, 0.6) is 0 Å². The Morgan fingerprint density at radius 3 is 2.00 bits per heavy atom. The van der Waals surface area contributed by atoms with Crippen molar-refractivity contribution in [3.05, 3.63) is 0 Å². The van der Waals surface area contributed by atoms with Crippen LogP contribution >= 0.6 is 15.9 Å². The van der Waals surface area contributed by atoms with Crippen LogP contribution in [-0.4, -0.2) is 29.2 Å². The molecule has 0 unspecified atom stereocenters. The van der Waals surface area contributed by atoms with Crippen molar-refractivity contribution in [2.75, 3.05) is 18.4 Å². The van der Waals surface area contributed by atoms with Crippen LogP contribution in [0.15, 0.2) is 0 Å². The third kappa shape index (κ3) is 2.80. The van der Waals surface area contributed by atoms with Gasteiger partial charge >= 0.3 is 0 Å². The Bertz CT molecular complexity index is 378. The van der Waals surface area contributed by atoms with Crippen molar-refractivity contribution in [1.82, 2.24) is 4.90 Å². The maximum Gasteiger partial charge on any atom is 0.223 e. The molecule has 4 aliphatic carbocycles. The van der Waals surface area contributed by atoms with Crippen molar-refractivity contribution < 1.29 is 4.79 Å². The SMILES string of the molecule is O=C(CC12CC3CC(CC(C3)C1)C2)N1CCC(CBr)CC1. The molecule has 5 aliphatic rings. The maximum absolute atomic E-state index is 12.8. The van der Waals surface area contributed by atoms with Gasteiger partial charge in [0, 0.05) is 24.8 Å². The number of alkyl halides is 1. The predicted octanol–water partition coefficient (Wildman–Crippen LogP) is 4.23. The van der Waals surface area contributed by atoms with Crippen LogP contribution in [0.25, 0.3) is 0 Å². The molecule has 21 heavy (non-hydrogen) atoms. The fraction of sp³-hybridized carbons (Fsp3) is 0.944. The van der Waals surface area contributed by atoms with E-state index in [1.165, 1.54) is 51.4 Å². The van der Waals surface area contributed by atoms with Gasteiger partial charge < -0.3 is 4.90 Å². The number of carbonyl (C=O) groups is 1. The normalized spacial score (nSPS) is 42.5. The Morgan fingerprint density at radius 2 is 1.52 bits per heavy atom. The van der Waals surface area contributed by atoms with Crippen LogP contribution in [-0.2, 0) is 4.79 Å². The van der Waals surface area contributed by atoms with Gasteiger partial charge in [-0.2, -0.15) is 0 Å². The summed E-state index contributed by atoms with van der Waals surface area (Å²) in [6.45, 7) is 2.00. The largest absolute Gasteiger partial charge is 0.343 e. The van der Waals surface area contributed by atoms with Gasteiger partial charge in [0.15, 0.2) is 0 Å². The van der Waals surface area contributed by atoms with Crippen molar-refractivity contribution in [3.63, 3.8) is 0 Å². The number of piperidine rings is 1. The highest BCUT2D eigenvalue weighted by Gasteiger charge is 2.51. The highest BCUT2D eigenvalue weighted by atomic mass is 79.9. The van der Waals surface area contributed by atoms with Gasteiger partial charge in [0.25, 0.3) is 0 Å². The van der Waals surface area contributed by atoms with Crippen molar-refractivity contribution in [2.45, 2.75) is 57.8 Å². The van der Waals surface area contributed by atoms with Crippen molar-refractivity contribution in [2.24, 2.45) is 29.1 Å². The van der Waals surface area contributed by atoms with Crippen LogP contribution in [0.4, 0.5) is 0 Å². The zero-order valence-electron chi connectivity index (χ0n) is 13.0. The molecule has 2 nitrogen and oxygen atoms in total. The predicted molar refractivity (Wildman–Crippen MR) is 88.3 cm³/mol. The minimum Gasteiger partial charge on any atom is -0.343 e. The monoisotopic (exact) mass is 353 g/mol. The third-order valence-electron chi connectivity index (χ3n) is 6.88. The number of halogens is 1. The molecule has 1 amide bonds. The van der Waals surface area contributed by atoms with Crippen LogP contribution in [0.3, 0.4) is 0 Å². The minimum atomic E-state index is 0.415. The summed E-state index contributed by atoms with van der Waals surface area (Å²) < 4.78 is 0. The van der Waals surface area contributed by atoms with E-state index in [1.54, 1.807) is 0 Å². The Kier molecular flexibility index (Phi) is 3.84. The van der Waals surface area contributed by atoms with Gasteiger partial charge in [0.1, 0.15) is 0 Å². The topological polar surface area (TPSA) is 20.3 Å². The Labute approximate surface area is 137 Å². The molecule has 1 aliphatic heterocycles. The van der Waals surface area contributed by atoms with Gasteiger partial charge in [-0.15, -0.1) is 0 Å². The van der Waals surface area contributed by atoms with Gasteiger partial charge in [-0.05, 0) is 80.5 Å². The molecule has 0 aromatic heterocycles. The quantitative estimate of drug-likeness (QED) is 0.695. The summed E-state index contributed by atoms with van der Waals surface area (Å²) in [7, 11) is 0. The molecule has 0 atom stereocenters. The number of hydrogen-bond acceptors (Lipinski definition) is 1. The summed E-state index contributed by atoms with van der Waals surface area (Å²) >= 11 is 3.59. The van der Waals surface area contributed by atoms with E-state index in [1.807, 2.05) is 0 Å². The fourth-order valence-corrected chi connectivity index (χ4v) is 6.92. The fourth-order valence-electron chi connectivity index (χ4n) is 6.28. The van der Waals surface area contributed by atoms with Gasteiger partial charge in [-0.25, -0.2) is 0 Å². The number of rotatable bonds is 3. The van der Waals surface area contributed by atoms with E-state index in [0.717, 1.165) is 48.5 Å². The molecule has 0 radical (unpaired) electrons. The lowest BCUT2D eigenvalue weighted by atomic mass is 9.49. The van der Waals surface area contributed by atoms with Crippen molar-refractivity contribution in [3.8, 4) is 0 Å². The molecular formula is C18H28BrNO. The maximum atomic E-state index is 12.8. The van der Waals surface area contributed by atoms with Gasteiger partial charge in [0.05, 0.1) is 0 Å². The molecule has 0 aromatic carbocycles. The zero-order chi connectivity index (χ0) is 14.4. The van der Waals surface area contributed by atoms with Crippen LogP contribution in [0.2, 0.25) is 0 Å². The molecule has 0 N–H and O–H groups in total. The van der Waals surface area contributed by atoms with Crippen molar-refractivity contribution >= 4 is 21.8 Å². The lowest BCUT2D eigenvalue weighted by Crippen LogP contribution is -2.49. The molecule has 1 saturated heterocycles. The smallest absolute Gasteiger partial charge is 0.223 e. The second-order valence-corrected chi connectivity index (χ2v) is 9.22. The van der Waals surface area contributed by atoms with Gasteiger partial charge in [-0.3, -0.25) is 4.79 Å². The second kappa shape index (κ2) is 5.54. The second-order valence-electron chi connectivity index (χ2n) is 8.57. The summed E-state index contributed by atoms with van der Waals surface area (Å²) in [5.41, 5.74) is 0.415. The summed E-state index contributed by atoms with van der Waals surface area (Å²) in [4.78, 5) is 15.0. The first kappa shape index (κ1) is 14.5. The molecule has 5 fully saturated rings. The highest BCUT2D eigenvalue weighted by Crippen LogP contribution is 2.61. The first-order valence-corrected chi connectivity index (χ1v) is 10.1. The number of nitrogens with zero attached hydrogens (tertiary/aromatic N) is 1.